The fraction of sp³-hybridized carbons (Fsp3) is 0.529. The first kappa shape index (κ1) is 17.5. The Kier molecular flexibility index (Phi) is 5.40. The van der Waals surface area contributed by atoms with Gasteiger partial charge in [0.25, 0.3) is 0 Å². The minimum Gasteiger partial charge on any atom is -0.481 e. The zero-order valence-corrected chi connectivity index (χ0v) is 14.2. The molecule has 8 nitrogen and oxygen atoms in total. The molecular formula is C17H23N3O5. The highest BCUT2D eigenvalue weighted by Gasteiger charge is 2.26. The normalized spacial score (nSPS) is 18.8. The Morgan fingerprint density at radius 3 is 2.64 bits per heavy atom. The van der Waals surface area contributed by atoms with Gasteiger partial charge in [-0.1, -0.05) is 0 Å². The Hall–Kier alpha value is -2.32. The predicted molar refractivity (Wildman–Crippen MR) is 90.9 cm³/mol. The number of rotatable bonds is 6. The number of ether oxygens (including phenoxy) is 2. The van der Waals surface area contributed by atoms with E-state index in [1.807, 2.05) is 7.05 Å². The summed E-state index contributed by atoms with van der Waals surface area (Å²) in [5.74, 6) is -0.779. The van der Waals surface area contributed by atoms with Gasteiger partial charge in [-0.05, 0) is 19.2 Å². The van der Waals surface area contributed by atoms with Gasteiger partial charge >= 0.3 is 5.97 Å². The highest BCUT2D eigenvalue weighted by molar-refractivity contribution is 5.93. The molecule has 0 unspecified atom stereocenters. The Bertz CT molecular complexity index is 643. The summed E-state index contributed by atoms with van der Waals surface area (Å²) in [5, 5.41) is 12.2. The van der Waals surface area contributed by atoms with E-state index in [9.17, 15) is 14.7 Å². The van der Waals surface area contributed by atoms with Gasteiger partial charge in [-0.3, -0.25) is 14.5 Å². The molecule has 2 aliphatic heterocycles. The molecule has 136 valence electrons. The minimum absolute atomic E-state index is 0.0594. The van der Waals surface area contributed by atoms with Crippen molar-refractivity contribution in [3.63, 3.8) is 0 Å². The lowest BCUT2D eigenvalue weighted by atomic mass is 10.0. The van der Waals surface area contributed by atoms with Crippen LogP contribution in [0.25, 0.3) is 0 Å². The van der Waals surface area contributed by atoms with Crippen molar-refractivity contribution in [3.8, 4) is 11.5 Å². The molecule has 1 atom stereocenters. The largest absolute Gasteiger partial charge is 0.481 e. The second-order valence-corrected chi connectivity index (χ2v) is 6.46. The SMILES string of the molecule is CN1CCN(C[C@@H](CC(=O)Nc2ccc3c(c2)OCO3)C(=O)O)CC1. The lowest BCUT2D eigenvalue weighted by Gasteiger charge is -2.33. The fourth-order valence-corrected chi connectivity index (χ4v) is 2.98. The standard InChI is InChI=1S/C17H23N3O5/c1-19-4-6-20(7-5-19)10-12(17(22)23)8-16(21)18-13-2-3-14-15(9-13)25-11-24-14/h2-3,9,12H,4-8,10-11H2,1H3,(H,18,21)(H,22,23)/t12-/m1/s1. The van der Waals surface area contributed by atoms with Gasteiger partial charge in [0, 0.05) is 50.9 Å². The topological polar surface area (TPSA) is 91.3 Å². The van der Waals surface area contributed by atoms with Crippen molar-refractivity contribution in [2.24, 2.45) is 5.92 Å². The van der Waals surface area contributed by atoms with Crippen molar-refractivity contribution in [2.75, 3.05) is 51.9 Å². The van der Waals surface area contributed by atoms with Crippen LogP contribution in [-0.2, 0) is 9.59 Å². The van der Waals surface area contributed by atoms with E-state index >= 15 is 0 Å². The Morgan fingerprint density at radius 1 is 1.20 bits per heavy atom. The number of hydrogen-bond donors (Lipinski definition) is 2. The number of aliphatic carboxylic acids is 1. The third-order valence-electron chi connectivity index (χ3n) is 4.51. The van der Waals surface area contributed by atoms with E-state index in [-0.39, 0.29) is 19.1 Å². The maximum absolute atomic E-state index is 12.2. The molecule has 0 spiro atoms. The monoisotopic (exact) mass is 349 g/mol. The van der Waals surface area contributed by atoms with Crippen molar-refractivity contribution in [1.82, 2.24) is 9.80 Å². The molecule has 0 aliphatic carbocycles. The van der Waals surface area contributed by atoms with Gasteiger partial charge in [0.15, 0.2) is 11.5 Å². The van der Waals surface area contributed by atoms with Crippen LogP contribution in [0.5, 0.6) is 11.5 Å². The molecule has 2 N–H and O–H groups in total. The smallest absolute Gasteiger partial charge is 0.308 e. The molecule has 1 saturated heterocycles. The number of carbonyl (C=O) groups is 2. The van der Waals surface area contributed by atoms with Gasteiger partial charge in [0.2, 0.25) is 12.7 Å². The third kappa shape index (κ3) is 4.61. The summed E-state index contributed by atoms with van der Waals surface area (Å²) in [6.07, 6.45) is -0.0594. The van der Waals surface area contributed by atoms with Crippen molar-refractivity contribution in [3.05, 3.63) is 18.2 Å². The van der Waals surface area contributed by atoms with Crippen molar-refractivity contribution in [2.45, 2.75) is 6.42 Å². The van der Waals surface area contributed by atoms with Crippen LogP contribution in [0.2, 0.25) is 0 Å². The second kappa shape index (κ2) is 7.71. The van der Waals surface area contributed by atoms with Crippen LogP contribution in [-0.4, -0.2) is 73.3 Å². The molecular weight excluding hydrogens is 326 g/mol. The average Bonchev–Trinajstić information content (AvgIpc) is 3.03. The molecule has 0 bridgehead atoms. The molecule has 1 fully saturated rings. The molecule has 25 heavy (non-hydrogen) atoms. The first-order valence-corrected chi connectivity index (χ1v) is 8.34. The van der Waals surface area contributed by atoms with Gasteiger partial charge in [-0.25, -0.2) is 0 Å². The number of hydrogen-bond acceptors (Lipinski definition) is 6. The maximum atomic E-state index is 12.2. The van der Waals surface area contributed by atoms with Crippen LogP contribution >= 0.6 is 0 Å². The van der Waals surface area contributed by atoms with E-state index in [1.54, 1.807) is 18.2 Å². The Labute approximate surface area is 146 Å². The molecule has 3 rings (SSSR count). The molecule has 0 aromatic heterocycles. The molecule has 1 aromatic rings. The number of likely N-dealkylation sites (N-methyl/N-ethyl adjacent to an activating group) is 1. The first-order chi connectivity index (χ1) is 12.0. The molecule has 2 heterocycles. The molecule has 1 amide bonds. The summed E-state index contributed by atoms with van der Waals surface area (Å²) in [6.45, 7) is 4.02. The highest BCUT2D eigenvalue weighted by atomic mass is 16.7. The van der Waals surface area contributed by atoms with Crippen molar-refractivity contribution >= 4 is 17.6 Å². The molecule has 2 aliphatic rings. The molecule has 8 heteroatoms. The van der Waals surface area contributed by atoms with Crippen LogP contribution in [0.3, 0.4) is 0 Å². The Balaban J connectivity index is 1.54. The number of carboxylic acids is 1. The number of carbonyl (C=O) groups excluding carboxylic acids is 1. The maximum Gasteiger partial charge on any atom is 0.308 e. The van der Waals surface area contributed by atoms with E-state index in [0.717, 1.165) is 26.2 Å². The van der Waals surface area contributed by atoms with E-state index in [1.165, 1.54) is 0 Å². The highest BCUT2D eigenvalue weighted by Crippen LogP contribution is 2.34. The number of anilines is 1. The Morgan fingerprint density at radius 2 is 1.92 bits per heavy atom. The average molecular weight is 349 g/mol. The fourth-order valence-electron chi connectivity index (χ4n) is 2.98. The zero-order chi connectivity index (χ0) is 17.8. The lowest BCUT2D eigenvalue weighted by Crippen LogP contribution is -2.47. The summed E-state index contributed by atoms with van der Waals surface area (Å²) in [7, 11) is 2.05. The molecule has 0 saturated carbocycles. The van der Waals surface area contributed by atoms with Crippen LogP contribution in [0.1, 0.15) is 6.42 Å². The van der Waals surface area contributed by atoms with Crippen LogP contribution in [0, 0.1) is 5.92 Å². The zero-order valence-electron chi connectivity index (χ0n) is 14.2. The minimum atomic E-state index is -0.945. The van der Waals surface area contributed by atoms with Gasteiger partial charge in [-0.15, -0.1) is 0 Å². The van der Waals surface area contributed by atoms with Crippen LogP contribution in [0.4, 0.5) is 5.69 Å². The van der Waals surface area contributed by atoms with Crippen molar-refractivity contribution in [1.29, 1.82) is 0 Å². The van der Waals surface area contributed by atoms with Gasteiger partial charge in [0.05, 0.1) is 5.92 Å². The van der Waals surface area contributed by atoms with E-state index in [0.29, 0.717) is 23.7 Å². The van der Waals surface area contributed by atoms with Crippen molar-refractivity contribution < 1.29 is 24.2 Å². The van der Waals surface area contributed by atoms with E-state index in [4.69, 9.17) is 9.47 Å². The summed E-state index contributed by atoms with van der Waals surface area (Å²) >= 11 is 0. The lowest BCUT2D eigenvalue weighted by molar-refractivity contribution is -0.144. The number of nitrogens with zero attached hydrogens (tertiary/aromatic N) is 2. The summed E-state index contributed by atoms with van der Waals surface area (Å²) in [5.41, 5.74) is 0.568. The number of nitrogens with one attached hydrogen (secondary N) is 1. The number of benzene rings is 1. The van der Waals surface area contributed by atoms with Crippen LogP contribution < -0.4 is 14.8 Å². The van der Waals surface area contributed by atoms with Gasteiger partial charge in [0.1, 0.15) is 0 Å². The van der Waals surface area contributed by atoms with Gasteiger partial charge in [-0.2, -0.15) is 0 Å². The van der Waals surface area contributed by atoms with E-state index in [2.05, 4.69) is 15.1 Å². The van der Waals surface area contributed by atoms with Crippen LogP contribution in [0.15, 0.2) is 18.2 Å². The third-order valence-corrected chi connectivity index (χ3v) is 4.51. The number of carboxylic acid groups (broad SMARTS) is 1. The molecule has 0 radical (unpaired) electrons. The number of piperazine rings is 1. The predicted octanol–water partition coefficient (Wildman–Crippen LogP) is 0.692. The number of amides is 1. The van der Waals surface area contributed by atoms with Gasteiger partial charge < -0.3 is 24.8 Å². The summed E-state index contributed by atoms with van der Waals surface area (Å²) in [6, 6.07) is 5.11. The molecule has 1 aromatic carbocycles. The second-order valence-electron chi connectivity index (χ2n) is 6.46. The number of fused-ring (bicyclic) bond motifs is 1. The summed E-state index contributed by atoms with van der Waals surface area (Å²) < 4.78 is 10.5. The quantitative estimate of drug-likeness (QED) is 0.781. The van der Waals surface area contributed by atoms with E-state index < -0.39 is 11.9 Å². The summed E-state index contributed by atoms with van der Waals surface area (Å²) in [4.78, 5) is 28.1. The first-order valence-electron chi connectivity index (χ1n) is 8.34.